The fourth-order valence-corrected chi connectivity index (χ4v) is 2.58. The van der Waals surface area contributed by atoms with E-state index in [1.165, 1.54) is 0 Å². The fraction of sp³-hybridized carbons (Fsp3) is 0.150. The molecule has 0 aliphatic rings. The number of benzene rings is 2. The van der Waals surface area contributed by atoms with Gasteiger partial charge in [-0.1, -0.05) is 54.1 Å². The van der Waals surface area contributed by atoms with Crippen molar-refractivity contribution >= 4 is 11.6 Å². The van der Waals surface area contributed by atoms with Gasteiger partial charge >= 0.3 is 0 Å². The molecule has 0 radical (unpaired) electrons. The molecular formula is C20H19ClN2O. The van der Waals surface area contributed by atoms with Gasteiger partial charge in [-0.25, -0.2) is 0 Å². The Bertz CT molecular complexity index is 777. The number of ether oxygens (including phenoxy) is 1. The second kappa shape index (κ2) is 8.48. The van der Waals surface area contributed by atoms with Crippen LogP contribution in [-0.2, 0) is 19.7 Å². The summed E-state index contributed by atoms with van der Waals surface area (Å²) in [6.07, 6.45) is 1.80. The molecule has 1 aromatic heterocycles. The van der Waals surface area contributed by atoms with Crippen LogP contribution in [0.15, 0.2) is 72.9 Å². The summed E-state index contributed by atoms with van der Waals surface area (Å²) in [5.74, 6) is 0.867. The Labute approximate surface area is 147 Å². The van der Waals surface area contributed by atoms with Gasteiger partial charge in [0.05, 0.1) is 5.69 Å². The molecule has 0 aliphatic heterocycles. The Morgan fingerprint density at radius 2 is 1.58 bits per heavy atom. The zero-order valence-corrected chi connectivity index (χ0v) is 14.0. The molecule has 4 heteroatoms. The summed E-state index contributed by atoms with van der Waals surface area (Å²) < 4.78 is 5.97. The monoisotopic (exact) mass is 338 g/mol. The van der Waals surface area contributed by atoms with Crippen LogP contribution in [0.5, 0.6) is 5.75 Å². The third-order valence-electron chi connectivity index (χ3n) is 3.66. The molecule has 3 aromatic rings. The van der Waals surface area contributed by atoms with E-state index in [9.17, 15) is 0 Å². The quantitative estimate of drug-likeness (QED) is 0.683. The average Bonchev–Trinajstić information content (AvgIpc) is 2.63. The summed E-state index contributed by atoms with van der Waals surface area (Å²) in [7, 11) is 0. The van der Waals surface area contributed by atoms with E-state index in [1.54, 1.807) is 6.20 Å². The van der Waals surface area contributed by atoms with Gasteiger partial charge in [-0.15, -0.1) is 0 Å². The van der Waals surface area contributed by atoms with Gasteiger partial charge in [-0.2, -0.15) is 0 Å². The Morgan fingerprint density at radius 1 is 0.833 bits per heavy atom. The second-order valence-corrected chi connectivity index (χ2v) is 5.82. The first-order chi connectivity index (χ1) is 11.8. The molecule has 3 nitrogen and oxygen atoms in total. The highest BCUT2D eigenvalue weighted by Gasteiger charge is 2.05. The highest BCUT2D eigenvalue weighted by atomic mass is 35.5. The predicted molar refractivity (Wildman–Crippen MR) is 97.0 cm³/mol. The average molecular weight is 339 g/mol. The molecule has 2 aromatic carbocycles. The van der Waals surface area contributed by atoms with E-state index in [0.29, 0.717) is 6.61 Å². The van der Waals surface area contributed by atoms with E-state index in [1.807, 2.05) is 60.7 Å². The van der Waals surface area contributed by atoms with Crippen molar-refractivity contribution in [2.45, 2.75) is 19.7 Å². The molecule has 1 heterocycles. The number of pyridine rings is 1. The summed E-state index contributed by atoms with van der Waals surface area (Å²) in [4.78, 5) is 4.31. The van der Waals surface area contributed by atoms with Crippen LogP contribution in [0.25, 0.3) is 0 Å². The van der Waals surface area contributed by atoms with Crippen molar-refractivity contribution in [1.29, 1.82) is 0 Å². The first-order valence-corrected chi connectivity index (χ1v) is 8.25. The molecule has 0 spiro atoms. The minimum atomic E-state index is 0.455. The zero-order chi connectivity index (χ0) is 16.6. The first kappa shape index (κ1) is 16.5. The van der Waals surface area contributed by atoms with Crippen molar-refractivity contribution in [1.82, 2.24) is 10.3 Å². The molecule has 0 saturated carbocycles. The van der Waals surface area contributed by atoms with Crippen molar-refractivity contribution in [3.63, 3.8) is 0 Å². The molecule has 0 atom stereocenters. The molecule has 0 saturated heterocycles. The molecule has 0 fully saturated rings. The molecular weight excluding hydrogens is 320 g/mol. The van der Waals surface area contributed by atoms with Crippen LogP contribution in [0.4, 0.5) is 0 Å². The highest BCUT2D eigenvalue weighted by molar-refractivity contribution is 6.31. The molecule has 0 amide bonds. The minimum Gasteiger partial charge on any atom is -0.489 e. The highest BCUT2D eigenvalue weighted by Crippen LogP contribution is 2.22. The second-order valence-electron chi connectivity index (χ2n) is 5.41. The van der Waals surface area contributed by atoms with Gasteiger partial charge in [-0.05, 0) is 24.3 Å². The van der Waals surface area contributed by atoms with Crippen LogP contribution in [0.2, 0.25) is 5.02 Å². The van der Waals surface area contributed by atoms with Gasteiger partial charge in [-0.3, -0.25) is 4.98 Å². The van der Waals surface area contributed by atoms with Crippen LogP contribution in [0, 0.1) is 0 Å². The molecule has 0 aliphatic carbocycles. The van der Waals surface area contributed by atoms with Gasteiger partial charge in [0.25, 0.3) is 0 Å². The smallest absolute Gasteiger partial charge is 0.124 e. The lowest BCUT2D eigenvalue weighted by molar-refractivity contribution is 0.302. The lowest BCUT2D eigenvalue weighted by Crippen LogP contribution is -2.14. The predicted octanol–water partition coefficient (Wildman–Crippen LogP) is 4.60. The fourth-order valence-electron chi connectivity index (χ4n) is 2.39. The van der Waals surface area contributed by atoms with Gasteiger partial charge < -0.3 is 10.1 Å². The Kier molecular flexibility index (Phi) is 5.83. The van der Waals surface area contributed by atoms with E-state index in [4.69, 9.17) is 16.3 Å². The number of para-hydroxylation sites is 1. The zero-order valence-electron chi connectivity index (χ0n) is 13.3. The molecule has 0 unspecified atom stereocenters. The topological polar surface area (TPSA) is 34.1 Å². The summed E-state index contributed by atoms with van der Waals surface area (Å²) in [5.41, 5.74) is 3.11. The summed E-state index contributed by atoms with van der Waals surface area (Å²) in [5, 5.41) is 4.12. The maximum Gasteiger partial charge on any atom is 0.124 e. The van der Waals surface area contributed by atoms with E-state index in [2.05, 4.69) is 16.4 Å². The summed E-state index contributed by atoms with van der Waals surface area (Å²) in [6, 6.07) is 21.7. The van der Waals surface area contributed by atoms with Crippen molar-refractivity contribution in [3.05, 3.63) is 94.8 Å². The third kappa shape index (κ3) is 4.57. The van der Waals surface area contributed by atoms with Crippen LogP contribution in [-0.4, -0.2) is 4.98 Å². The van der Waals surface area contributed by atoms with Crippen LogP contribution < -0.4 is 10.1 Å². The van der Waals surface area contributed by atoms with Gasteiger partial charge in [0.2, 0.25) is 0 Å². The molecule has 3 rings (SSSR count). The Morgan fingerprint density at radius 3 is 2.38 bits per heavy atom. The van der Waals surface area contributed by atoms with Crippen molar-refractivity contribution in [2.75, 3.05) is 0 Å². The Balaban J connectivity index is 1.59. The van der Waals surface area contributed by atoms with Crippen molar-refractivity contribution in [3.8, 4) is 5.75 Å². The number of rotatable bonds is 7. The molecule has 24 heavy (non-hydrogen) atoms. The molecule has 0 bridgehead atoms. The number of halogens is 1. The van der Waals surface area contributed by atoms with Crippen LogP contribution in [0.3, 0.4) is 0 Å². The maximum atomic E-state index is 6.18. The van der Waals surface area contributed by atoms with Crippen LogP contribution in [0.1, 0.15) is 16.8 Å². The van der Waals surface area contributed by atoms with E-state index >= 15 is 0 Å². The lowest BCUT2D eigenvalue weighted by atomic mass is 10.2. The number of aromatic nitrogens is 1. The van der Waals surface area contributed by atoms with Gasteiger partial charge in [0.15, 0.2) is 0 Å². The number of nitrogens with one attached hydrogen (secondary N) is 1. The Hall–Kier alpha value is -2.36. The van der Waals surface area contributed by atoms with Gasteiger partial charge in [0, 0.05) is 35.4 Å². The molecule has 1 N–H and O–H groups in total. The summed E-state index contributed by atoms with van der Waals surface area (Å²) in [6.45, 7) is 1.89. The minimum absolute atomic E-state index is 0.455. The lowest BCUT2D eigenvalue weighted by Gasteiger charge is -2.13. The largest absolute Gasteiger partial charge is 0.489 e. The van der Waals surface area contributed by atoms with Crippen molar-refractivity contribution in [2.24, 2.45) is 0 Å². The number of hydrogen-bond donors (Lipinski definition) is 1. The maximum absolute atomic E-state index is 6.18. The standard InChI is InChI=1S/C20H19ClN2O/c21-19-10-3-1-8-17(19)15-24-20-11-4-2-7-16(20)13-22-14-18-9-5-6-12-23-18/h1-12,22H,13-15H2. The number of nitrogens with zero attached hydrogens (tertiary/aromatic N) is 1. The van der Waals surface area contributed by atoms with Gasteiger partial charge in [0.1, 0.15) is 12.4 Å². The van der Waals surface area contributed by atoms with Crippen molar-refractivity contribution < 1.29 is 4.74 Å². The SMILES string of the molecule is Clc1ccccc1COc1ccccc1CNCc1ccccn1. The van der Waals surface area contributed by atoms with E-state index in [-0.39, 0.29) is 0 Å². The van der Waals surface area contributed by atoms with E-state index < -0.39 is 0 Å². The first-order valence-electron chi connectivity index (χ1n) is 7.87. The summed E-state index contributed by atoms with van der Waals surface area (Å²) >= 11 is 6.18. The normalized spacial score (nSPS) is 10.5. The third-order valence-corrected chi connectivity index (χ3v) is 4.03. The number of hydrogen-bond acceptors (Lipinski definition) is 3. The van der Waals surface area contributed by atoms with Crippen LogP contribution >= 0.6 is 11.6 Å². The molecule has 122 valence electrons. The van der Waals surface area contributed by atoms with E-state index in [0.717, 1.165) is 40.7 Å².